The summed E-state index contributed by atoms with van der Waals surface area (Å²) < 4.78 is 40.9. The summed E-state index contributed by atoms with van der Waals surface area (Å²) in [6.45, 7) is 4.99. The van der Waals surface area contributed by atoms with Gasteiger partial charge in [-0.3, -0.25) is 4.98 Å². The van der Waals surface area contributed by atoms with E-state index in [0.29, 0.717) is 5.75 Å². The van der Waals surface area contributed by atoms with Gasteiger partial charge in [-0.05, 0) is 18.6 Å². The van der Waals surface area contributed by atoms with E-state index in [1.807, 2.05) is 20.8 Å². The van der Waals surface area contributed by atoms with Gasteiger partial charge in [0.15, 0.2) is 0 Å². The maximum Gasteiger partial charge on any atom is 0.401 e. The lowest BCUT2D eigenvalue weighted by molar-refractivity contribution is -0.124. The highest BCUT2D eigenvalue weighted by molar-refractivity contribution is 5.22. The smallest absolute Gasteiger partial charge is 0.401 e. The predicted molar refractivity (Wildman–Crippen MR) is 72.7 cm³/mol. The topological polar surface area (TPSA) is 60.2 Å². The largest absolute Gasteiger partial charge is 0.490 e. The van der Waals surface area contributed by atoms with Gasteiger partial charge < -0.3 is 15.8 Å². The first kappa shape index (κ1) is 18.7. The number of nitrogens with one attached hydrogen (secondary N) is 1. The molecule has 1 aromatic heterocycles. The van der Waals surface area contributed by atoms with Gasteiger partial charge in [-0.1, -0.05) is 13.8 Å². The third-order valence-electron chi connectivity index (χ3n) is 2.05. The average Bonchev–Trinajstić information content (AvgIpc) is 2.37. The highest BCUT2D eigenvalue weighted by atomic mass is 19.4. The number of alkyl halides is 3. The van der Waals surface area contributed by atoms with Crippen LogP contribution in [-0.4, -0.2) is 36.9 Å². The van der Waals surface area contributed by atoms with Gasteiger partial charge in [0.2, 0.25) is 0 Å². The molecule has 4 nitrogen and oxygen atoms in total. The van der Waals surface area contributed by atoms with E-state index in [9.17, 15) is 13.2 Å². The van der Waals surface area contributed by atoms with Crippen LogP contribution < -0.4 is 15.8 Å². The molecule has 0 amide bonds. The molecular formula is C13H22F3N3O. The first-order valence-electron chi connectivity index (χ1n) is 6.44. The van der Waals surface area contributed by atoms with Crippen LogP contribution in [0.25, 0.3) is 0 Å². The molecule has 0 aliphatic rings. The Hall–Kier alpha value is -1.34. The number of ether oxygens (including phenoxy) is 1. The zero-order chi connectivity index (χ0) is 15.6. The van der Waals surface area contributed by atoms with Crippen molar-refractivity contribution < 1.29 is 17.9 Å². The van der Waals surface area contributed by atoms with Gasteiger partial charge in [-0.15, -0.1) is 0 Å². The van der Waals surface area contributed by atoms with Crippen molar-refractivity contribution >= 4 is 0 Å². The molecule has 0 spiro atoms. The van der Waals surface area contributed by atoms with Crippen LogP contribution in [-0.2, 0) is 0 Å². The van der Waals surface area contributed by atoms with E-state index in [4.69, 9.17) is 10.5 Å². The summed E-state index contributed by atoms with van der Waals surface area (Å²) >= 11 is 0. The summed E-state index contributed by atoms with van der Waals surface area (Å²) in [4.78, 5) is 3.93. The molecule has 3 N–H and O–H groups in total. The van der Waals surface area contributed by atoms with Gasteiger partial charge in [0.05, 0.1) is 18.8 Å². The van der Waals surface area contributed by atoms with Crippen LogP contribution >= 0.6 is 0 Å². The van der Waals surface area contributed by atoms with Crippen LogP contribution in [0.1, 0.15) is 19.4 Å². The second-order valence-electron chi connectivity index (χ2n) is 4.02. The van der Waals surface area contributed by atoms with Crippen LogP contribution in [0.3, 0.4) is 0 Å². The minimum atomic E-state index is -4.22. The van der Waals surface area contributed by atoms with Gasteiger partial charge in [0.1, 0.15) is 12.4 Å². The molecule has 20 heavy (non-hydrogen) atoms. The van der Waals surface area contributed by atoms with E-state index in [1.165, 1.54) is 6.20 Å². The van der Waals surface area contributed by atoms with E-state index >= 15 is 0 Å². The van der Waals surface area contributed by atoms with Crippen molar-refractivity contribution in [2.24, 2.45) is 5.73 Å². The van der Waals surface area contributed by atoms with Crippen LogP contribution in [0, 0.1) is 6.92 Å². The number of rotatable bonds is 6. The molecule has 1 unspecified atom stereocenters. The molecule has 1 rings (SSSR count). The summed E-state index contributed by atoms with van der Waals surface area (Å²) in [6.07, 6.45) is -1.01. The summed E-state index contributed by atoms with van der Waals surface area (Å²) in [5.74, 6) is 0.557. The van der Waals surface area contributed by atoms with Crippen LogP contribution in [0.5, 0.6) is 5.75 Å². The van der Waals surface area contributed by atoms with Crippen molar-refractivity contribution in [1.82, 2.24) is 10.3 Å². The Morgan fingerprint density at radius 1 is 1.35 bits per heavy atom. The molecule has 116 valence electrons. The third kappa shape index (κ3) is 9.57. The van der Waals surface area contributed by atoms with E-state index in [1.54, 1.807) is 12.3 Å². The number of pyridine rings is 1. The Labute approximate surface area is 117 Å². The highest BCUT2D eigenvalue weighted by Gasteiger charge is 2.26. The Bertz CT molecular complexity index is 372. The van der Waals surface area contributed by atoms with Gasteiger partial charge in [0, 0.05) is 12.7 Å². The molecule has 0 aliphatic carbocycles. The normalized spacial score (nSPS) is 12.3. The Balaban J connectivity index is 0.00000172. The van der Waals surface area contributed by atoms with E-state index in [2.05, 4.69) is 10.3 Å². The zero-order valence-corrected chi connectivity index (χ0v) is 12.0. The zero-order valence-electron chi connectivity index (χ0n) is 12.0. The SMILES string of the molecule is CC.Cc1cncc(OCC(N)CNCC(F)(F)F)c1. The van der Waals surface area contributed by atoms with Crippen molar-refractivity contribution in [2.75, 3.05) is 19.7 Å². The van der Waals surface area contributed by atoms with Crippen molar-refractivity contribution in [3.63, 3.8) is 0 Å². The Morgan fingerprint density at radius 3 is 2.55 bits per heavy atom. The van der Waals surface area contributed by atoms with Crippen molar-refractivity contribution in [2.45, 2.75) is 33.0 Å². The number of hydrogen-bond acceptors (Lipinski definition) is 4. The summed E-state index contributed by atoms with van der Waals surface area (Å²) in [5.41, 5.74) is 6.55. The fraction of sp³-hybridized carbons (Fsp3) is 0.615. The number of aryl methyl sites for hydroxylation is 1. The lowest BCUT2D eigenvalue weighted by atomic mass is 10.3. The van der Waals surface area contributed by atoms with E-state index in [-0.39, 0.29) is 13.2 Å². The maximum atomic E-state index is 11.9. The maximum absolute atomic E-state index is 11.9. The summed E-state index contributed by atoms with van der Waals surface area (Å²) in [7, 11) is 0. The molecule has 0 saturated carbocycles. The molecule has 0 saturated heterocycles. The van der Waals surface area contributed by atoms with E-state index in [0.717, 1.165) is 5.56 Å². The fourth-order valence-electron chi connectivity index (χ4n) is 1.27. The average molecular weight is 293 g/mol. The molecular weight excluding hydrogens is 271 g/mol. The molecule has 1 atom stereocenters. The molecule has 1 aromatic rings. The van der Waals surface area contributed by atoms with Crippen LogP contribution in [0.2, 0.25) is 0 Å². The molecule has 1 heterocycles. The van der Waals surface area contributed by atoms with Gasteiger partial charge in [0.25, 0.3) is 0 Å². The number of hydrogen-bond donors (Lipinski definition) is 2. The molecule has 0 bridgehead atoms. The Kier molecular flexibility index (Phi) is 8.91. The molecule has 0 fully saturated rings. The molecule has 0 aromatic carbocycles. The predicted octanol–water partition coefficient (Wildman–Crippen LogP) is 2.27. The number of halogens is 3. The lowest BCUT2D eigenvalue weighted by Crippen LogP contribution is -2.41. The highest BCUT2D eigenvalue weighted by Crippen LogP contribution is 2.12. The summed E-state index contributed by atoms with van der Waals surface area (Å²) in [6, 6.07) is 1.27. The van der Waals surface area contributed by atoms with Gasteiger partial charge in [-0.2, -0.15) is 13.2 Å². The quantitative estimate of drug-likeness (QED) is 0.844. The minimum absolute atomic E-state index is 0.0404. The van der Waals surface area contributed by atoms with Gasteiger partial charge in [-0.25, -0.2) is 0 Å². The van der Waals surface area contributed by atoms with Crippen molar-refractivity contribution in [3.8, 4) is 5.75 Å². The molecule has 7 heteroatoms. The number of nitrogens with two attached hydrogens (primary N) is 1. The second kappa shape index (κ2) is 9.55. The number of aromatic nitrogens is 1. The lowest BCUT2D eigenvalue weighted by Gasteiger charge is -2.15. The second-order valence-corrected chi connectivity index (χ2v) is 4.02. The minimum Gasteiger partial charge on any atom is -0.490 e. The monoisotopic (exact) mass is 293 g/mol. The first-order valence-corrected chi connectivity index (χ1v) is 6.44. The standard InChI is InChI=1S/C11H16F3N3O.C2H6/c1-8-2-10(5-16-3-8)18-6-9(15)4-17-7-11(12,13)14;1-2/h2-3,5,9,17H,4,6-7,15H2,1H3;1-2H3. The fourth-order valence-corrected chi connectivity index (χ4v) is 1.27. The van der Waals surface area contributed by atoms with Crippen molar-refractivity contribution in [3.05, 3.63) is 24.0 Å². The molecule has 0 radical (unpaired) electrons. The third-order valence-corrected chi connectivity index (χ3v) is 2.05. The van der Waals surface area contributed by atoms with Crippen molar-refractivity contribution in [1.29, 1.82) is 0 Å². The first-order chi connectivity index (χ1) is 9.37. The van der Waals surface area contributed by atoms with Crippen LogP contribution in [0.15, 0.2) is 18.5 Å². The van der Waals surface area contributed by atoms with E-state index < -0.39 is 18.8 Å². The summed E-state index contributed by atoms with van der Waals surface area (Å²) in [5, 5.41) is 2.23. The van der Waals surface area contributed by atoms with Crippen LogP contribution in [0.4, 0.5) is 13.2 Å². The molecule has 0 aliphatic heterocycles. The Morgan fingerprint density at radius 2 is 2.00 bits per heavy atom. The number of nitrogens with zero attached hydrogens (tertiary/aromatic N) is 1. The van der Waals surface area contributed by atoms with Gasteiger partial charge >= 0.3 is 6.18 Å².